The topological polar surface area (TPSA) is 0 Å². The van der Waals surface area contributed by atoms with Crippen molar-refractivity contribution in [2.24, 2.45) is 0 Å². The van der Waals surface area contributed by atoms with Gasteiger partial charge in [-0.2, -0.15) is 0 Å². The van der Waals surface area contributed by atoms with E-state index in [4.69, 9.17) is 0 Å². The van der Waals surface area contributed by atoms with Gasteiger partial charge in [0.25, 0.3) is 0 Å². The van der Waals surface area contributed by atoms with Crippen molar-refractivity contribution in [3.05, 3.63) is 50.1 Å². The lowest BCUT2D eigenvalue weighted by Crippen LogP contribution is -2.07. The summed E-state index contributed by atoms with van der Waals surface area (Å²) >= 11 is 0. The van der Waals surface area contributed by atoms with E-state index in [-0.39, 0.29) is 0 Å². The standard InChI is InChI=1S/C24H30/c1-10-13(4)19-20(14(10)5)22-16(7)12(3)18(9)24(22)23-17(8)11(2)15(6)21(19)23/h13,16-17H,1-9H3. The molecule has 1 aromatic carbocycles. The molecular formula is C24H30. The van der Waals surface area contributed by atoms with E-state index in [2.05, 4.69) is 62.3 Å². The van der Waals surface area contributed by atoms with Crippen molar-refractivity contribution in [2.45, 2.75) is 80.1 Å². The Bertz CT molecular complexity index is 758. The number of benzene rings is 1. The van der Waals surface area contributed by atoms with Crippen molar-refractivity contribution in [1.82, 2.24) is 0 Å². The summed E-state index contributed by atoms with van der Waals surface area (Å²) in [5, 5.41) is 0. The van der Waals surface area contributed by atoms with E-state index in [0.29, 0.717) is 17.8 Å². The van der Waals surface area contributed by atoms with Crippen LogP contribution in [0.4, 0.5) is 0 Å². The largest absolute Gasteiger partial charge is 0.0625 e. The quantitative estimate of drug-likeness (QED) is 0.467. The summed E-state index contributed by atoms with van der Waals surface area (Å²) in [5.74, 6) is 1.67. The van der Waals surface area contributed by atoms with E-state index in [9.17, 15) is 0 Å². The van der Waals surface area contributed by atoms with Crippen LogP contribution in [0.2, 0.25) is 0 Å². The van der Waals surface area contributed by atoms with E-state index in [1.165, 1.54) is 16.7 Å². The van der Waals surface area contributed by atoms with Crippen molar-refractivity contribution >= 4 is 16.7 Å². The molecule has 0 bridgehead atoms. The van der Waals surface area contributed by atoms with Crippen LogP contribution < -0.4 is 0 Å². The van der Waals surface area contributed by atoms with Crippen LogP contribution in [-0.2, 0) is 0 Å². The summed E-state index contributed by atoms with van der Waals surface area (Å²) < 4.78 is 0. The van der Waals surface area contributed by atoms with E-state index >= 15 is 0 Å². The Morgan fingerprint density at radius 1 is 0.417 bits per heavy atom. The van der Waals surface area contributed by atoms with Crippen LogP contribution in [0.15, 0.2) is 16.7 Å². The minimum Gasteiger partial charge on any atom is -0.0625 e. The highest BCUT2D eigenvalue weighted by atomic mass is 14.4. The molecule has 0 aliphatic heterocycles. The fourth-order valence-corrected chi connectivity index (χ4v) is 5.54. The molecule has 4 rings (SSSR count). The zero-order chi connectivity index (χ0) is 17.7. The highest BCUT2D eigenvalue weighted by Gasteiger charge is 2.41. The average molecular weight is 319 g/mol. The van der Waals surface area contributed by atoms with Gasteiger partial charge in [0.05, 0.1) is 0 Å². The number of hydrogen-bond donors (Lipinski definition) is 0. The molecule has 0 heterocycles. The van der Waals surface area contributed by atoms with Gasteiger partial charge in [-0.05, 0) is 91.6 Å². The highest BCUT2D eigenvalue weighted by Crippen LogP contribution is 2.59. The van der Waals surface area contributed by atoms with Gasteiger partial charge in [-0.25, -0.2) is 0 Å². The maximum absolute atomic E-state index is 2.41. The first-order chi connectivity index (χ1) is 11.2. The second kappa shape index (κ2) is 4.75. The third kappa shape index (κ3) is 1.56. The molecule has 0 saturated carbocycles. The lowest BCUT2D eigenvalue weighted by atomic mass is 9.80. The van der Waals surface area contributed by atoms with Gasteiger partial charge in [-0.15, -0.1) is 0 Å². The molecule has 3 unspecified atom stereocenters. The van der Waals surface area contributed by atoms with Crippen LogP contribution in [0.5, 0.6) is 0 Å². The predicted octanol–water partition coefficient (Wildman–Crippen LogP) is 7.42. The molecule has 0 N–H and O–H groups in total. The molecule has 1 aromatic rings. The summed E-state index contributed by atoms with van der Waals surface area (Å²) in [6, 6.07) is 0. The van der Waals surface area contributed by atoms with Crippen molar-refractivity contribution < 1.29 is 0 Å². The summed E-state index contributed by atoms with van der Waals surface area (Å²) in [5.41, 5.74) is 19.0. The van der Waals surface area contributed by atoms with Gasteiger partial charge >= 0.3 is 0 Å². The molecule has 0 heteroatoms. The minimum atomic E-state index is 0.556. The van der Waals surface area contributed by atoms with Crippen LogP contribution >= 0.6 is 0 Å². The SMILES string of the molecule is CC1=C(C)C(C)c2c3c(c4c(c21)C(C)C(C)=C4C)C(C)C(C)=C3C. The first-order valence-corrected chi connectivity index (χ1v) is 9.46. The molecule has 0 spiro atoms. The van der Waals surface area contributed by atoms with Crippen LogP contribution in [0, 0.1) is 0 Å². The van der Waals surface area contributed by atoms with E-state index < -0.39 is 0 Å². The summed E-state index contributed by atoms with van der Waals surface area (Å²) in [6.07, 6.45) is 0. The first kappa shape index (κ1) is 15.9. The summed E-state index contributed by atoms with van der Waals surface area (Å²) in [4.78, 5) is 0. The molecule has 0 saturated heterocycles. The Balaban J connectivity index is 2.22. The average Bonchev–Trinajstić information content (AvgIpc) is 3.02. The summed E-state index contributed by atoms with van der Waals surface area (Å²) in [7, 11) is 0. The van der Waals surface area contributed by atoms with Crippen LogP contribution in [0.3, 0.4) is 0 Å². The van der Waals surface area contributed by atoms with Crippen LogP contribution in [0.1, 0.15) is 113 Å². The third-order valence-electron chi connectivity index (χ3n) is 7.76. The fraction of sp³-hybridized carbons (Fsp3) is 0.500. The Morgan fingerprint density at radius 2 is 0.625 bits per heavy atom. The smallest absolute Gasteiger partial charge is 0.00352 e. The molecule has 126 valence electrons. The van der Waals surface area contributed by atoms with Gasteiger partial charge in [-0.3, -0.25) is 0 Å². The van der Waals surface area contributed by atoms with Crippen molar-refractivity contribution in [1.29, 1.82) is 0 Å². The lowest BCUT2D eigenvalue weighted by Gasteiger charge is -2.24. The lowest BCUT2D eigenvalue weighted by molar-refractivity contribution is 0.868. The molecule has 0 aromatic heterocycles. The summed E-state index contributed by atoms with van der Waals surface area (Å²) in [6.45, 7) is 21.3. The van der Waals surface area contributed by atoms with E-state index in [0.717, 1.165) is 0 Å². The minimum absolute atomic E-state index is 0.556. The van der Waals surface area contributed by atoms with E-state index in [1.54, 1.807) is 50.1 Å². The Hall–Kier alpha value is -1.56. The zero-order valence-electron chi connectivity index (χ0n) is 16.7. The van der Waals surface area contributed by atoms with Crippen LogP contribution in [-0.4, -0.2) is 0 Å². The van der Waals surface area contributed by atoms with Crippen molar-refractivity contribution in [3.63, 3.8) is 0 Å². The maximum Gasteiger partial charge on any atom is 0.00352 e. The van der Waals surface area contributed by atoms with Gasteiger partial charge in [0.1, 0.15) is 0 Å². The van der Waals surface area contributed by atoms with Gasteiger partial charge in [0.15, 0.2) is 0 Å². The molecule has 0 fully saturated rings. The molecule has 3 aliphatic rings. The first-order valence-electron chi connectivity index (χ1n) is 9.46. The second-order valence-corrected chi connectivity index (χ2v) is 8.46. The second-order valence-electron chi connectivity index (χ2n) is 8.46. The third-order valence-corrected chi connectivity index (χ3v) is 7.76. The molecule has 0 radical (unpaired) electrons. The molecule has 0 nitrogen and oxygen atoms in total. The number of hydrogen-bond acceptors (Lipinski definition) is 0. The molecule has 0 amide bonds. The van der Waals surface area contributed by atoms with Crippen LogP contribution in [0.25, 0.3) is 16.7 Å². The Kier molecular flexibility index (Phi) is 3.15. The number of rotatable bonds is 0. The fourth-order valence-electron chi connectivity index (χ4n) is 5.54. The molecular weight excluding hydrogens is 288 g/mol. The maximum atomic E-state index is 2.41. The normalized spacial score (nSPS) is 28.1. The van der Waals surface area contributed by atoms with Crippen molar-refractivity contribution in [3.8, 4) is 0 Å². The van der Waals surface area contributed by atoms with Gasteiger partial charge in [-0.1, -0.05) is 37.5 Å². The monoisotopic (exact) mass is 318 g/mol. The number of fused-ring (bicyclic) bond motifs is 6. The Labute approximate surface area is 147 Å². The predicted molar refractivity (Wildman–Crippen MR) is 106 cm³/mol. The van der Waals surface area contributed by atoms with Crippen molar-refractivity contribution in [2.75, 3.05) is 0 Å². The number of allylic oxidation sites excluding steroid dienone is 6. The molecule has 3 atom stereocenters. The van der Waals surface area contributed by atoms with E-state index in [1.807, 2.05) is 0 Å². The molecule has 3 aliphatic carbocycles. The van der Waals surface area contributed by atoms with Gasteiger partial charge < -0.3 is 0 Å². The van der Waals surface area contributed by atoms with Gasteiger partial charge in [0.2, 0.25) is 0 Å². The Morgan fingerprint density at radius 3 is 0.833 bits per heavy atom. The zero-order valence-corrected chi connectivity index (χ0v) is 16.7. The molecule has 24 heavy (non-hydrogen) atoms. The highest BCUT2D eigenvalue weighted by molar-refractivity contribution is 5.96. The van der Waals surface area contributed by atoms with Gasteiger partial charge in [0, 0.05) is 17.8 Å².